The standard InChI is InChI=1S/C11H17BrN2O2/c1-4-14-11(9(12)7-13-14)10(15)6-5-8(2)16-3/h7-8H,4-6H2,1-3H3. The summed E-state index contributed by atoms with van der Waals surface area (Å²) in [6.07, 6.45) is 2.99. The molecule has 0 aliphatic carbocycles. The lowest BCUT2D eigenvalue weighted by molar-refractivity contribution is 0.0869. The van der Waals surface area contributed by atoms with E-state index in [1.807, 2.05) is 13.8 Å². The second-order valence-electron chi connectivity index (χ2n) is 3.67. The fourth-order valence-corrected chi connectivity index (χ4v) is 1.97. The van der Waals surface area contributed by atoms with E-state index in [0.717, 1.165) is 10.9 Å². The highest BCUT2D eigenvalue weighted by molar-refractivity contribution is 9.10. The second kappa shape index (κ2) is 6.15. The molecule has 90 valence electrons. The molecule has 0 saturated heterocycles. The molecular formula is C11H17BrN2O2. The smallest absolute Gasteiger partial charge is 0.182 e. The van der Waals surface area contributed by atoms with E-state index in [1.54, 1.807) is 18.0 Å². The third kappa shape index (κ3) is 3.15. The lowest BCUT2D eigenvalue weighted by Crippen LogP contribution is -2.13. The molecule has 0 N–H and O–H groups in total. The highest BCUT2D eigenvalue weighted by atomic mass is 79.9. The molecule has 16 heavy (non-hydrogen) atoms. The molecule has 1 atom stereocenters. The molecule has 0 spiro atoms. The van der Waals surface area contributed by atoms with Crippen LogP contribution in [-0.4, -0.2) is 28.8 Å². The number of hydrogen-bond donors (Lipinski definition) is 0. The SMILES string of the molecule is CCn1ncc(Br)c1C(=O)CCC(C)OC. The maximum atomic E-state index is 12.0. The van der Waals surface area contributed by atoms with Gasteiger partial charge in [0.15, 0.2) is 5.78 Å². The van der Waals surface area contributed by atoms with Gasteiger partial charge in [-0.1, -0.05) is 0 Å². The minimum atomic E-state index is 0.107. The normalized spacial score (nSPS) is 12.8. The minimum Gasteiger partial charge on any atom is -0.382 e. The number of rotatable bonds is 6. The quantitative estimate of drug-likeness (QED) is 0.756. The monoisotopic (exact) mass is 288 g/mol. The van der Waals surface area contributed by atoms with E-state index in [2.05, 4.69) is 21.0 Å². The topological polar surface area (TPSA) is 44.1 Å². The number of nitrogens with zero attached hydrogens (tertiary/aromatic N) is 2. The summed E-state index contributed by atoms with van der Waals surface area (Å²) >= 11 is 3.35. The summed E-state index contributed by atoms with van der Waals surface area (Å²) in [5.74, 6) is 0.107. The Labute approximate surface area is 104 Å². The number of halogens is 1. The largest absolute Gasteiger partial charge is 0.382 e. The molecule has 4 nitrogen and oxygen atoms in total. The summed E-state index contributed by atoms with van der Waals surface area (Å²) in [7, 11) is 1.65. The average Bonchev–Trinajstić information content (AvgIpc) is 2.66. The van der Waals surface area contributed by atoms with Gasteiger partial charge in [-0.15, -0.1) is 0 Å². The van der Waals surface area contributed by atoms with Crippen molar-refractivity contribution in [3.8, 4) is 0 Å². The van der Waals surface area contributed by atoms with Gasteiger partial charge >= 0.3 is 0 Å². The zero-order chi connectivity index (χ0) is 12.1. The zero-order valence-electron chi connectivity index (χ0n) is 9.86. The Balaban J connectivity index is 2.69. The summed E-state index contributed by atoms with van der Waals surface area (Å²) in [5.41, 5.74) is 0.658. The Hall–Kier alpha value is -0.680. The maximum absolute atomic E-state index is 12.0. The van der Waals surface area contributed by atoms with Gasteiger partial charge in [0.1, 0.15) is 5.69 Å². The molecule has 1 aromatic rings. The lowest BCUT2D eigenvalue weighted by atomic mass is 10.1. The van der Waals surface area contributed by atoms with Crippen LogP contribution in [0.3, 0.4) is 0 Å². The number of carbonyl (C=O) groups excluding carboxylic acids is 1. The molecule has 0 aromatic carbocycles. The maximum Gasteiger partial charge on any atom is 0.182 e. The molecule has 0 saturated carbocycles. The molecule has 1 rings (SSSR count). The van der Waals surface area contributed by atoms with Gasteiger partial charge in [-0.2, -0.15) is 5.10 Å². The summed E-state index contributed by atoms with van der Waals surface area (Å²) in [6.45, 7) is 4.62. The van der Waals surface area contributed by atoms with Crippen molar-refractivity contribution in [1.29, 1.82) is 0 Å². The van der Waals surface area contributed by atoms with E-state index in [0.29, 0.717) is 18.7 Å². The molecule has 0 aliphatic rings. The number of ketones is 1. The summed E-state index contributed by atoms with van der Waals surface area (Å²) in [4.78, 5) is 12.0. The van der Waals surface area contributed by atoms with Crippen molar-refractivity contribution in [3.63, 3.8) is 0 Å². The van der Waals surface area contributed by atoms with E-state index in [1.165, 1.54) is 0 Å². The number of ether oxygens (including phenoxy) is 1. The zero-order valence-corrected chi connectivity index (χ0v) is 11.5. The molecule has 0 radical (unpaired) electrons. The van der Waals surface area contributed by atoms with Crippen molar-refractivity contribution in [3.05, 3.63) is 16.4 Å². The molecule has 0 fully saturated rings. The molecule has 0 bridgehead atoms. The number of methoxy groups -OCH3 is 1. The van der Waals surface area contributed by atoms with Crippen LogP contribution in [-0.2, 0) is 11.3 Å². The molecule has 1 heterocycles. The predicted octanol–water partition coefficient (Wildman–Crippen LogP) is 2.66. The van der Waals surface area contributed by atoms with Gasteiger partial charge in [0, 0.05) is 20.1 Å². The minimum absolute atomic E-state index is 0.107. The molecule has 5 heteroatoms. The van der Waals surface area contributed by atoms with Gasteiger partial charge < -0.3 is 4.74 Å². The number of Topliss-reactive ketones (excluding diaryl/α,β-unsaturated/α-hetero) is 1. The fraction of sp³-hybridized carbons (Fsp3) is 0.636. The summed E-state index contributed by atoms with van der Waals surface area (Å²) in [6, 6.07) is 0. The van der Waals surface area contributed by atoms with Crippen molar-refractivity contribution in [2.75, 3.05) is 7.11 Å². The Morgan fingerprint density at radius 1 is 1.69 bits per heavy atom. The fourth-order valence-electron chi connectivity index (χ4n) is 1.45. The predicted molar refractivity (Wildman–Crippen MR) is 65.6 cm³/mol. The van der Waals surface area contributed by atoms with Crippen molar-refractivity contribution in [2.24, 2.45) is 0 Å². The van der Waals surface area contributed by atoms with Crippen LogP contribution < -0.4 is 0 Å². The Morgan fingerprint density at radius 2 is 2.38 bits per heavy atom. The first kappa shape index (κ1) is 13.4. The van der Waals surface area contributed by atoms with Gasteiger partial charge in [-0.3, -0.25) is 9.48 Å². The second-order valence-corrected chi connectivity index (χ2v) is 4.52. The third-order valence-corrected chi connectivity index (χ3v) is 3.12. The molecule has 1 unspecified atom stereocenters. The molecule has 0 amide bonds. The first-order chi connectivity index (χ1) is 7.60. The number of carbonyl (C=O) groups is 1. The van der Waals surface area contributed by atoms with Crippen LogP contribution in [0.15, 0.2) is 10.7 Å². The highest BCUT2D eigenvalue weighted by Crippen LogP contribution is 2.19. The summed E-state index contributed by atoms with van der Waals surface area (Å²) < 4.78 is 7.60. The Bertz CT molecular complexity index is 363. The van der Waals surface area contributed by atoms with Gasteiger partial charge in [0.25, 0.3) is 0 Å². The van der Waals surface area contributed by atoms with E-state index >= 15 is 0 Å². The number of aromatic nitrogens is 2. The summed E-state index contributed by atoms with van der Waals surface area (Å²) in [5, 5.41) is 4.12. The van der Waals surface area contributed by atoms with Crippen molar-refractivity contribution in [2.45, 2.75) is 39.3 Å². The van der Waals surface area contributed by atoms with Crippen LogP contribution >= 0.6 is 15.9 Å². The van der Waals surface area contributed by atoms with Gasteiger partial charge in [0.05, 0.1) is 16.8 Å². The molecular weight excluding hydrogens is 272 g/mol. The Morgan fingerprint density at radius 3 is 2.94 bits per heavy atom. The highest BCUT2D eigenvalue weighted by Gasteiger charge is 2.16. The van der Waals surface area contributed by atoms with E-state index in [4.69, 9.17) is 4.74 Å². The third-order valence-electron chi connectivity index (χ3n) is 2.54. The molecule has 1 aromatic heterocycles. The van der Waals surface area contributed by atoms with Gasteiger partial charge in [0.2, 0.25) is 0 Å². The van der Waals surface area contributed by atoms with Crippen molar-refractivity contribution in [1.82, 2.24) is 9.78 Å². The molecule has 0 aliphatic heterocycles. The van der Waals surface area contributed by atoms with Crippen LogP contribution in [0.1, 0.15) is 37.2 Å². The van der Waals surface area contributed by atoms with Crippen LogP contribution in [0.5, 0.6) is 0 Å². The van der Waals surface area contributed by atoms with Crippen molar-refractivity contribution < 1.29 is 9.53 Å². The van der Waals surface area contributed by atoms with Gasteiger partial charge in [-0.25, -0.2) is 0 Å². The number of aryl methyl sites for hydroxylation is 1. The average molecular weight is 289 g/mol. The van der Waals surface area contributed by atoms with E-state index in [9.17, 15) is 4.79 Å². The van der Waals surface area contributed by atoms with Crippen LogP contribution in [0.4, 0.5) is 0 Å². The first-order valence-electron chi connectivity index (χ1n) is 5.37. The van der Waals surface area contributed by atoms with Crippen LogP contribution in [0.25, 0.3) is 0 Å². The lowest BCUT2D eigenvalue weighted by Gasteiger charge is -2.09. The van der Waals surface area contributed by atoms with Crippen LogP contribution in [0, 0.1) is 0 Å². The van der Waals surface area contributed by atoms with Gasteiger partial charge in [-0.05, 0) is 36.2 Å². The number of hydrogen-bond acceptors (Lipinski definition) is 3. The van der Waals surface area contributed by atoms with Crippen molar-refractivity contribution >= 4 is 21.7 Å². The van der Waals surface area contributed by atoms with E-state index < -0.39 is 0 Å². The Kier molecular flexibility index (Phi) is 5.15. The van der Waals surface area contributed by atoms with E-state index in [-0.39, 0.29) is 11.9 Å². The van der Waals surface area contributed by atoms with Crippen LogP contribution in [0.2, 0.25) is 0 Å². The first-order valence-corrected chi connectivity index (χ1v) is 6.16.